The number of H-pyrrole nitrogens is 1. The summed E-state index contributed by atoms with van der Waals surface area (Å²) in [6.07, 6.45) is 1.06. The lowest BCUT2D eigenvalue weighted by Gasteiger charge is -2.27. The molecule has 1 aromatic carbocycles. The molecule has 0 aliphatic rings. The summed E-state index contributed by atoms with van der Waals surface area (Å²) >= 11 is 0. The highest BCUT2D eigenvalue weighted by Crippen LogP contribution is 2.19. The Bertz CT molecular complexity index is 1210. The van der Waals surface area contributed by atoms with E-state index < -0.39 is 59.9 Å². The monoisotopic (exact) mass is 560 g/mol. The molecule has 5 atom stereocenters. The second kappa shape index (κ2) is 14.8. The highest BCUT2D eigenvalue weighted by atomic mass is 16.4. The van der Waals surface area contributed by atoms with Gasteiger partial charge in [0.1, 0.15) is 18.1 Å². The van der Waals surface area contributed by atoms with Crippen molar-refractivity contribution in [1.82, 2.24) is 20.9 Å². The maximum Gasteiger partial charge on any atom is 0.326 e. The number of aliphatic carboxylic acids is 1. The van der Waals surface area contributed by atoms with Crippen LogP contribution in [0.2, 0.25) is 0 Å². The minimum Gasteiger partial charge on any atom is -0.480 e. The van der Waals surface area contributed by atoms with E-state index in [9.17, 15) is 29.4 Å². The molecule has 2 aromatic rings. The molecule has 5 unspecified atom stereocenters. The molecular formula is C26H40N8O6. The Morgan fingerprint density at radius 2 is 1.62 bits per heavy atom. The molecule has 1 heterocycles. The van der Waals surface area contributed by atoms with E-state index in [1.54, 1.807) is 20.0 Å². The number of carbonyl (C=O) groups excluding carboxylic acids is 3. The fourth-order valence-corrected chi connectivity index (χ4v) is 4.07. The van der Waals surface area contributed by atoms with E-state index in [4.69, 9.17) is 17.2 Å². The number of rotatable bonds is 15. The van der Waals surface area contributed by atoms with Crippen LogP contribution >= 0.6 is 0 Å². The van der Waals surface area contributed by atoms with Crippen molar-refractivity contribution in [3.63, 3.8) is 0 Å². The lowest BCUT2D eigenvalue weighted by atomic mass is 10.0. The van der Waals surface area contributed by atoms with Gasteiger partial charge in [-0.1, -0.05) is 32.0 Å². The zero-order valence-corrected chi connectivity index (χ0v) is 22.9. The maximum absolute atomic E-state index is 13.4. The van der Waals surface area contributed by atoms with E-state index in [2.05, 4.69) is 25.9 Å². The van der Waals surface area contributed by atoms with Gasteiger partial charge in [-0.15, -0.1) is 0 Å². The summed E-state index contributed by atoms with van der Waals surface area (Å²) in [7, 11) is 0. The lowest BCUT2D eigenvalue weighted by molar-refractivity contribution is -0.144. The van der Waals surface area contributed by atoms with Gasteiger partial charge in [-0.2, -0.15) is 0 Å². The van der Waals surface area contributed by atoms with Gasteiger partial charge in [0, 0.05) is 30.1 Å². The quantitative estimate of drug-likeness (QED) is 0.0709. The molecule has 3 amide bonds. The lowest BCUT2D eigenvalue weighted by Crippen LogP contribution is -2.60. The van der Waals surface area contributed by atoms with E-state index in [-0.39, 0.29) is 25.3 Å². The fourth-order valence-electron chi connectivity index (χ4n) is 4.07. The first kappa shape index (κ1) is 32.0. The summed E-state index contributed by atoms with van der Waals surface area (Å²) in [4.78, 5) is 57.8. The molecule has 0 aliphatic carbocycles. The number of aromatic amines is 1. The average Bonchev–Trinajstić information content (AvgIpc) is 3.29. The molecule has 12 N–H and O–H groups in total. The molecule has 14 heteroatoms. The van der Waals surface area contributed by atoms with Crippen LogP contribution in [0.15, 0.2) is 35.5 Å². The van der Waals surface area contributed by atoms with Gasteiger partial charge in [-0.25, -0.2) is 4.79 Å². The van der Waals surface area contributed by atoms with Crippen molar-refractivity contribution in [3.05, 3.63) is 36.0 Å². The number of nitrogens with zero attached hydrogens (tertiary/aromatic N) is 1. The Balaban J connectivity index is 2.25. The number of hydrogen-bond donors (Lipinski definition) is 9. The first-order valence-electron chi connectivity index (χ1n) is 13.0. The number of carboxylic acids is 1. The molecule has 220 valence electrons. The van der Waals surface area contributed by atoms with Crippen molar-refractivity contribution < 1.29 is 29.4 Å². The van der Waals surface area contributed by atoms with Crippen molar-refractivity contribution in [2.75, 3.05) is 6.54 Å². The predicted molar refractivity (Wildman–Crippen MR) is 150 cm³/mol. The number of benzene rings is 1. The number of carboxylic acid groups (broad SMARTS) is 1. The third-order valence-electron chi connectivity index (χ3n) is 6.33. The summed E-state index contributed by atoms with van der Waals surface area (Å²) in [6, 6.07) is 2.55. The third-order valence-corrected chi connectivity index (χ3v) is 6.33. The van der Waals surface area contributed by atoms with Crippen molar-refractivity contribution >= 4 is 40.6 Å². The second-order valence-electron chi connectivity index (χ2n) is 9.98. The second-order valence-corrected chi connectivity index (χ2v) is 9.98. The van der Waals surface area contributed by atoms with E-state index >= 15 is 0 Å². The van der Waals surface area contributed by atoms with Crippen molar-refractivity contribution in [1.29, 1.82) is 0 Å². The number of aliphatic hydroxyl groups is 1. The molecule has 0 fully saturated rings. The van der Waals surface area contributed by atoms with Crippen LogP contribution in [0, 0.1) is 5.92 Å². The van der Waals surface area contributed by atoms with Crippen LogP contribution in [0.25, 0.3) is 10.9 Å². The Kier molecular flexibility index (Phi) is 11.9. The predicted octanol–water partition coefficient (Wildman–Crippen LogP) is -1.33. The zero-order chi connectivity index (χ0) is 30.0. The Hall–Kier alpha value is -4.17. The number of aliphatic imine (C=N–C) groups is 1. The van der Waals surface area contributed by atoms with E-state index in [0.29, 0.717) is 6.42 Å². The van der Waals surface area contributed by atoms with Gasteiger partial charge in [0.2, 0.25) is 17.7 Å². The van der Waals surface area contributed by atoms with Gasteiger partial charge in [0.25, 0.3) is 0 Å². The van der Waals surface area contributed by atoms with E-state index in [1.807, 2.05) is 24.3 Å². The summed E-state index contributed by atoms with van der Waals surface area (Å²) in [5, 5.41) is 28.0. The number of amides is 3. The first-order chi connectivity index (χ1) is 18.8. The number of nitrogens with two attached hydrogens (primary N) is 3. The van der Waals surface area contributed by atoms with Crippen molar-refractivity contribution in [3.8, 4) is 0 Å². The molecule has 0 saturated carbocycles. The van der Waals surface area contributed by atoms with Gasteiger partial charge < -0.3 is 48.3 Å². The highest BCUT2D eigenvalue weighted by Gasteiger charge is 2.33. The van der Waals surface area contributed by atoms with Gasteiger partial charge in [-0.05, 0) is 37.3 Å². The van der Waals surface area contributed by atoms with E-state index in [1.165, 1.54) is 6.92 Å². The molecule has 0 saturated heterocycles. The maximum atomic E-state index is 13.4. The molecule has 0 aliphatic heterocycles. The number of aliphatic hydroxyl groups excluding tert-OH is 1. The molecule has 14 nitrogen and oxygen atoms in total. The highest BCUT2D eigenvalue weighted by molar-refractivity contribution is 5.95. The molecule has 1 aromatic heterocycles. The summed E-state index contributed by atoms with van der Waals surface area (Å²) < 4.78 is 0. The van der Waals surface area contributed by atoms with Gasteiger partial charge in [0.15, 0.2) is 5.96 Å². The molecule has 40 heavy (non-hydrogen) atoms. The Labute approximate surface area is 232 Å². The summed E-state index contributed by atoms with van der Waals surface area (Å²) in [5.74, 6) is -4.02. The van der Waals surface area contributed by atoms with Gasteiger partial charge >= 0.3 is 5.97 Å². The fraction of sp³-hybridized carbons (Fsp3) is 0.500. The van der Waals surface area contributed by atoms with Gasteiger partial charge in [-0.3, -0.25) is 19.4 Å². The number of para-hydroxylation sites is 1. The Morgan fingerprint density at radius 3 is 2.23 bits per heavy atom. The molecule has 0 radical (unpaired) electrons. The normalized spacial score (nSPS) is 14.9. The van der Waals surface area contributed by atoms with Crippen LogP contribution in [0.3, 0.4) is 0 Å². The number of carbonyl (C=O) groups is 4. The molecule has 0 spiro atoms. The Morgan fingerprint density at radius 1 is 0.975 bits per heavy atom. The third kappa shape index (κ3) is 9.24. The van der Waals surface area contributed by atoms with Crippen molar-refractivity contribution in [2.45, 2.75) is 70.3 Å². The number of nitrogens with one attached hydrogen (secondary N) is 4. The van der Waals surface area contributed by atoms with Crippen LogP contribution in [0.1, 0.15) is 39.2 Å². The largest absolute Gasteiger partial charge is 0.480 e. The molecular weight excluding hydrogens is 520 g/mol. The number of hydrogen-bond acceptors (Lipinski definition) is 7. The standard InChI is InChI=1S/C26H40N8O6/c1-13(2)20(25(39)40)33-24(38)21(14(3)35)34-23(37)19(11-15-12-31-18-9-5-4-7-16(15)18)32-22(36)17(27)8-6-10-30-26(28)29/h4-5,7,9,12-14,17,19-21,31,35H,6,8,10-11,27H2,1-3H3,(H,32,36)(H,33,38)(H,34,37)(H,39,40)(H4,28,29,30). The van der Waals surface area contributed by atoms with Crippen LogP contribution in [-0.4, -0.2) is 81.7 Å². The summed E-state index contributed by atoms with van der Waals surface area (Å²) in [6.45, 7) is 4.79. The molecule has 2 rings (SSSR count). The number of guanidine groups is 1. The van der Waals surface area contributed by atoms with Crippen molar-refractivity contribution in [2.24, 2.45) is 28.1 Å². The van der Waals surface area contributed by atoms with Crippen LogP contribution in [-0.2, 0) is 25.6 Å². The smallest absolute Gasteiger partial charge is 0.326 e. The van der Waals surface area contributed by atoms with E-state index in [0.717, 1.165) is 16.5 Å². The number of fused-ring (bicyclic) bond motifs is 1. The van der Waals surface area contributed by atoms with Gasteiger partial charge in [0.05, 0.1) is 12.1 Å². The zero-order valence-electron chi connectivity index (χ0n) is 22.9. The van der Waals surface area contributed by atoms with Crippen LogP contribution < -0.4 is 33.2 Å². The summed E-state index contributed by atoms with van der Waals surface area (Å²) in [5.41, 5.74) is 18.2. The van der Waals surface area contributed by atoms with Crippen LogP contribution in [0.5, 0.6) is 0 Å². The minimum atomic E-state index is -1.48. The minimum absolute atomic E-state index is 0.0419. The molecule has 0 bridgehead atoms. The average molecular weight is 561 g/mol. The topological polar surface area (TPSA) is 251 Å². The van der Waals surface area contributed by atoms with Crippen LogP contribution in [0.4, 0.5) is 0 Å². The number of aromatic nitrogens is 1. The SMILES string of the molecule is CC(C)C(NC(=O)C(NC(=O)C(Cc1c[nH]c2ccccc12)NC(=O)C(N)CCCN=C(N)N)C(C)O)C(=O)O. The first-order valence-corrected chi connectivity index (χ1v) is 13.0.